The summed E-state index contributed by atoms with van der Waals surface area (Å²) in [6, 6.07) is 7.32. The van der Waals surface area contributed by atoms with Crippen LogP contribution in [-0.4, -0.2) is 5.11 Å². The topological polar surface area (TPSA) is 33.4 Å². The number of aliphatic hydroxyl groups is 1. The van der Waals surface area contributed by atoms with Crippen molar-refractivity contribution in [2.45, 2.75) is 6.10 Å². The summed E-state index contributed by atoms with van der Waals surface area (Å²) < 4.78 is 18.4. The number of aliphatic hydroxyl groups excluding tert-OH is 1. The molecule has 2 nitrogen and oxygen atoms in total. The second kappa shape index (κ2) is 4.04. The monoisotopic (exact) mass is 226 g/mol. The van der Waals surface area contributed by atoms with Crippen LogP contribution in [0.5, 0.6) is 0 Å². The van der Waals surface area contributed by atoms with Crippen LogP contribution >= 0.6 is 11.6 Å². The highest BCUT2D eigenvalue weighted by Crippen LogP contribution is 2.26. The van der Waals surface area contributed by atoms with Gasteiger partial charge in [0, 0.05) is 10.6 Å². The van der Waals surface area contributed by atoms with Crippen LogP contribution in [0.25, 0.3) is 0 Å². The van der Waals surface area contributed by atoms with E-state index in [0.717, 1.165) is 6.07 Å². The molecule has 0 aliphatic carbocycles. The molecule has 0 saturated carbocycles. The third-order valence-electron chi connectivity index (χ3n) is 2.07. The summed E-state index contributed by atoms with van der Waals surface area (Å²) in [4.78, 5) is 0. The van der Waals surface area contributed by atoms with E-state index < -0.39 is 11.9 Å². The first-order valence-electron chi connectivity index (χ1n) is 4.35. The summed E-state index contributed by atoms with van der Waals surface area (Å²) in [5.41, 5.74) is 0.148. The molecule has 1 heterocycles. The van der Waals surface area contributed by atoms with E-state index >= 15 is 0 Å². The van der Waals surface area contributed by atoms with Crippen molar-refractivity contribution in [2.75, 3.05) is 0 Å². The minimum atomic E-state index is -1.10. The summed E-state index contributed by atoms with van der Waals surface area (Å²) in [5, 5.41) is 10.1. The maximum atomic E-state index is 13.4. The van der Waals surface area contributed by atoms with Crippen molar-refractivity contribution in [3.05, 3.63) is 58.8 Å². The Morgan fingerprint density at radius 3 is 2.73 bits per heavy atom. The van der Waals surface area contributed by atoms with Gasteiger partial charge >= 0.3 is 0 Å². The molecule has 0 aliphatic heterocycles. The molecule has 0 spiro atoms. The van der Waals surface area contributed by atoms with Gasteiger partial charge in [-0.1, -0.05) is 17.7 Å². The third-order valence-corrected chi connectivity index (χ3v) is 2.30. The lowest BCUT2D eigenvalue weighted by atomic mass is 10.1. The highest BCUT2D eigenvalue weighted by atomic mass is 35.5. The van der Waals surface area contributed by atoms with Gasteiger partial charge in [0.05, 0.1) is 6.26 Å². The Morgan fingerprint density at radius 1 is 1.33 bits per heavy atom. The number of benzene rings is 1. The molecule has 1 atom stereocenters. The molecule has 0 saturated heterocycles. The smallest absolute Gasteiger partial charge is 0.139 e. The molecule has 0 fully saturated rings. The molecule has 15 heavy (non-hydrogen) atoms. The fourth-order valence-corrected chi connectivity index (χ4v) is 1.48. The maximum absolute atomic E-state index is 13.4. The van der Waals surface area contributed by atoms with E-state index in [0.29, 0.717) is 10.8 Å². The van der Waals surface area contributed by atoms with Crippen molar-refractivity contribution in [2.24, 2.45) is 0 Å². The zero-order valence-corrected chi connectivity index (χ0v) is 8.41. The fourth-order valence-electron chi connectivity index (χ4n) is 1.32. The van der Waals surface area contributed by atoms with Crippen LogP contribution in [0.1, 0.15) is 17.4 Å². The van der Waals surface area contributed by atoms with E-state index in [1.807, 2.05) is 0 Å². The van der Waals surface area contributed by atoms with E-state index in [4.69, 9.17) is 16.0 Å². The highest BCUT2D eigenvalue weighted by Gasteiger charge is 2.17. The Morgan fingerprint density at radius 2 is 2.13 bits per heavy atom. The number of rotatable bonds is 2. The second-order valence-electron chi connectivity index (χ2n) is 3.08. The van der Waals surface area contributed by atoms with Gasteiger partial charge in [-0.2, -0.15) is 0 Å². The molecule has 78 valence electrons. The quantitative estimate of drug-likeness (QED) is 0.853. The van der Waals surface area contributed by atoms with E-state index in [1.165, 1.54) is 18.4 Å². The second-order valence-corrected chi connectivity index (χ2v) is 3.52. The summed E-state index contributed by atoms with van der Waals surface area (Å²) in [7, 11) is 0. The van der Waals surface area contributed by atoms with Gasteiger partial charge in [-0.25, -0.2) is 4.39 Å². The first-order valence-corrected chi connectivity index (χ1v) is 4.72. The lowest BCUT2D eigenvalue weighted by Crippen LogP contribution is -2.00. The maximum Gasteiger partial charge on any atom is 0.139 e. The Hall–Kier alpha value is -1.32. The van der Waals surface area contributed by atoms with Crippen LogP contribution in [0.4, 0.5) is 4.39 Å². The lowest BCUT2D eigenvalue weighted by molar-refractivity contribution is 0.185. The number of halogens is 2. The number of hydrogen-bond acceptors (Lipinski definition) is 2. The molecule has 4 heteroatoms. The summed E-state index contributed by atoms with van der Waals surface area (Å²) in [6.45, 7) is 0. The van der Waals surface area contributed by atoms with Gasteiger partial charge < -0.3 is 9.52 Å². The molecule has 0 aliphatic rings. The van der Waals surface area contributed by atoms with Crippen molar-refractivity contribution < 1.29 is 13.9 Å². The van der Waals surface area contributed by atoms with Gasteiger partial charge in [-0.15, -0.1) is 0 Å². The minimum Gasteiger partial charge on any atom is -0.466 e. The van der Waals surface area contributed by atoms with Gasteiger partial charge in [0.1, 0.15) is 17.7 Å². The average molecular weight is 227 g/mol. The molecule has 2 aromatic rings. The van der Waals surface area contributed by atoms with Crippen LogP contribution in [0, 0.1) is 5.82 Å². The molecule has 1 aromatic carbocycles. The van der Waals surface area contributed by atoms with E-state index in [9.17, 15) is 9.50 Å². The first kappa shape index (κ1) is 10.2. The van der Waals surface area contributed by atoms with Crippen molar-refractivity contribution in [3.63, 3.8) is 0 Å². The number of hydrogen-bond donors (Lipinski definition) is 1. The molecular formula is C11H8ClFO2. The molecule has 1 N–H and O–H groups in total. The largest absolute Gasteiger partial charge is 0.466 e. The molecule has 0 bridgehead atoms. The minimum absolute atomic E-state index is 0.148. The van der Waals surface area contributed by atoms with Gasteiger partial charge in [-0.3, -0.25) is 0 Å². The molecule has 2 rings (SSSR count). The lowest BCUT2D eigenvalue weighted by Gasteiger charge is -2.09. The Balaban J connectivity index is 2.38. The zero-order chi connectivity index (χ0) is 10.8. The molecule has 1 aromatic heterocycles. The predicted molar refractivity (Wildman–Crippen MR) is 54.2 cm³/mol. The zero-order valence-electron chi connectivity index (χ0n) is 7.65. The summed E-state index contributed by atoms with van der Waals surface area (Å²) >= 11 is 5.60. The van der Waals surface area contributed by atoms with Crippen LogP contribution < -0.4 is 0 Å². The third kappa shape index (κ3) is 2.03. The normalized spacial score (nSPS) is 12.7. The fraction of sp³-hybridized carbons (Fsp3) is 0.0909. The van der Waals surface area contributed by atoms with Gasteiger partial charge in [0.15, 0.2) is 0 Å². The van der Waals surface area contributed by atoms with Crippen LogP contribution in [0.2, 0.25) is 5.02 Å². The highest BCUT2D eigenvalue weighted by molar-refractivity contribution is 6.30. The van der Waals surface area contributed by atoms with Gasteiger partial charge in [0.2, 0.25) is 0 Å². The van der Waals surface area contributed by atoms with Crippen molar-refractivity contribution >= 4 is 11.6 Å². The molecule has 1 unspecified atom stereocenters. The van der Waals surface area contributed by atoms with Crippen LogP contribution in [0.3, 0.4) is 0 Å². The first-order chi connectivity index (χ1) is 7.18. The van der Waals surface area contributed by atoms with Crippen molar-refractivity contribution in [1.29, 1.82) is 0 Å². The molecule has 0 radical (unpaired) electrons. The van der Waals surface area contributed by atoms with Crippen LogP contribution in [-0.2, 0) is 0 Å². The van der Waals surface area contributed by atoms with E-state index in [2.05, 4.69) is 0 Å². The standard InChI is InChI=1S/C11H8ClFO2/c12-7-3-4-8(9(13)6-7)11(14)10-2-1-5-15-10/h1-6,11,14H. The molecular weight excluding hydrogens is 219 g/mol. The number of furan rings is 1. The predicted octanol–water partition coefficient (Wildman–Crippen LogP) is 3.15. The van der Waals surface area contributed by atoms with Gasteiger partial charge in [0.25, 0.3) is 0 Å². The van der Waals surface area contributed by atoms with Gasteiger partial charge in [-0.05, 0) is 24.3 Å². The Kier molecular flexibility index (Phi) is 2.75. The SMILES string of the molecule is OC(c1ccco1)c1ccc(Cl)cc1F. The summed E-state index contributed by atoms with van der Waals surface area (Å²) in [6.07, 6.45) is 0.323. The van der Waals surface area contributed by atoms with Crippen molar-refractivity contribution in [1.82, 2.24) is 0 Å². The van der Waals surface area contributed by atoms with E-state index in [-0.39, 0.29) is 5.56 Å². The Labute approximate surface area is 90.9 Å². The average Bonchev–Trinajstić information content (AvgIpc) is 2.69. The molecule has 0 amide bonds. The van der Waals surface area contributed by atoms with Crippen molar-refractivity contribution in [3.8, 4) is 0 Å². The van der Waals surface area contributed by atoms with E-state index in [1.54, 1.807) is 12.1 Å². The summed E-state index contributed by atoms with van der Waals surface area (Å²) in [5.74, 6) is -0.248. The van der Waals surface area contributed by atoms with Crippen LogP contribution in [0.15, 0.2) is 41.0 Å². The Bertz CT molecular complexity index is 454.